The SMILES string of the molecule is COc1cc(C=Nc2ccc(Oc3ccccc3)cc2)ccc1OCc1ccc(C(=O)N2CCCCC2)cc1. The van der Waals surface area contributed by atoms with Crippen molar-refractivity contribution < 1.29 is 19.0 Å². The maximum absolute atomic E-state index is 12.7. The Kier molecular flexibility index (Phi) is 8.54. The van der Waals surface area contributed by atoms with Gasteiger partial charge in [0.05, 0.1) is 12.8 Å². The Labute approximate surface area is 229 Å². The van der Waals surface area contributed by atoms with E-state index >= 15 is 0 Å². The minimum absolute atomic E-state index is 0.109. The molecule has 0 atom stereocenters. The van der Waals surface area contributed by atoms with Crippen molar-refractivity contribution in [2.75, 3.05) is 20.2 Å². The topological polar surface area (TPSA) is 60.4 Å². The first-order chi connectivity index (χ1) is 19.2. The van der Waals surface area contributed by atoms with E-state index in [2.05, 4.69) is 4.99 Å². The van der Waals surface area contributed by atoms with Crippen LogP contribution in [0.15, 0.2) is 102 Å². The van der Waals surface area contributed by atoms with Gasteiger partial charge in [-0.15, -0.1) is 0 Å². The van der Waals surface area contributed by atoms with Crippen molar-refractivity contribution in [3.63, 3.8) is 0 Å². The molecule has 4 aromatic rings. The number of piperidine rings is 1. The van der Waals surface area contributed by atoms with Gasteiger partial charge in [-0.1, -0.05) is 30.3 Å². The largest absolute Gasteiger partial charge is 0.493 e. The summed E-state index contributed by atoms with van der Waals surface area (Å²) in [7, 11) is 1.62. The van der Waals surface area contributed by atoms with E-state index in [0.717, 1.165) is 59.8 Å². The lowest BCUT2D eigenvalue weighted by Crippen LogP contribution is -2.35. The highest BCUT2D eigenvalue weighted by atomic mass is 16.5. The fraction of sp³-hybridized carbons (Fsp3) is 0.212. The first-order valence-electron chi connectivity index (χ1n) is 13.2. The molecule has 0 aromatic heterocycles. The maximum Gasteiger partial charge on any atom is 0.253 e. The molecule has 6 heteroatoms. The van der Waals surface area contributed by atoms with Crippen LogP contribution in [0.4, 0.5) is 5.69 Å². The lowest BCUT2D eigenvalue weighted by atomic mass is 10.1. The van der Waals surface area contributed by atoms with Gasteiger partial charge in [-0.25, -0.2) is 0 Å². The zero-order valence-corrected chi connectivity index (χ0v) is 22.1. The highest BCUT2D eigenvalue weighted by Gasteiger charge is 2.18. The van der Waals surface area contributed by atoms with E-state index in [-0.39, 0.29) is 5.91 Å². The number of nitrogens with zero attached hydrogens (tertiary/aromatic N) is 2. The van der Waals surface area contributed by atoms with Gasteiger partial charge in [0.15, 0.2) is 11.5 Å². The predicted octanol–water partition coefficient (Wildman–Crippen LogP) is 7.44. The number of hydrogen-bond donors (Lipinski definition) is 0. The summed E-state index contributed by atoms with van der Waals surface area (Å²) in [6, 6.07) is 30.7. The summed E-state index contributed by atoms with van der Waals surface area (Å²) in [5, 5.41) is 0. The zero-order chi connectivity index (χ0) is 26.9. The van der Waals surface area contributed by atoms with Crippen LogP contribution in [-0.4, -0.2) is 37.2 Å². The van der Waals surface area contributed by atoms with Crippen molar-refractivity contribution >= 4 is 17.8 Å². The second kappa shape index (κ2) is 12.8. The van der Waals surface area contributed by atoms with Gasteiger partial charge in [0.2, 0.25) is 0 Å². The lowest BCUT2D eigenvalue weighted by molar-refractivity contribution is 0.0724. The van der Waals surface area contributed by atoms with Crippen LogP contribution >= 0.6 is 0 Å². The number of carbonyl (C=O) groups excluding carboxylic acids is 1. The molecule has 0 unspecified atom stereocenters. The van der Waals surface area contributed by atoms with Crippen LogP contribution in [0.2, 0.25) is 0 Å². The highest BCUT2D eigenvalue weighted by Crippen LogP contribution is 2.29. The van der Waals surface area contributed by atoms with Crippen LogP contribution in [0.25, 0.3) is 0 Å². The molecule has 5 rings (SSSR count). The Morgan fingerprint density at radius 3 is 2.26 bits per heavy atom. The lowest BCUT2D eigenvalue weighted by Gasteiger charge is -2.26. The minimum atomic E-state index is 0.109. The van der Waals surface area contributed by atoms with Gasteiger partial charge in [0.25, 0.3) is 5.91 Å². The molecule has 1 aliphatic rings. The van der Waals surface area contributed by atoms with Crippen LogP contribution in [0.5, 0.6) is 23.0 Å². The molecule has 0 spiro atoms. The molecule has 1 fully saturated rings. The van der Waals surface area contributed by atoms with Gasteiger partial charge < -0.3 is 19.1 Å². The molecule has 0 radical (unpaired) electrons. The minimum Gasteiger partial charge on any atom is -0.493 e. The predicted molar refractivity (Wildman–Crippen MR) is 154 cm³/mol. The molecule has 0 bridgehead atoms. The Morgan fingerprint density at radius 2 is 1.54 bits per heavy atom. The second-order valence-electron chi connectivity index (χ2n) is 9.42. The molecule has 39 heavy (non-hydrogen) atoms. The van der Waals surface area contributed by atoms with Gasteiger partial charge in [-0.2, -0.15) is 0 Å². The molecular weight excluding hydrogens is 488 g/mol. The third kappa shape index (κ3) is 7.05. The molecule has 198 valence electrons. The van der Waals surface area contributed by atoms with Crippen LogP contribution in [0, 0.1) is 0 Å². The Morgan fingerprint density at radius 1 is 0.821 bits per heavy atom. The highest BCUT2D eigenvalue weighted by molar-refractivity contribution is 5.94. The van der Waals surface area contributed by atoms with Crippen LogP contribution in [0.3, 0.4) is 0 Å². The maximum atomic E-state index is 12.7. The van der Waals surface area contributed by atoms with Crippen molar-refractivity contribution in [2.45, 2.75) is 25.9 Å². The van der Waals surface area contributed by atoms with Crippen molar-refractivity contribution in [1.29, 1.82) is 0 Å². The summed E-state index contributed by atoms with van der Waals surface area (Å²) in [6.07, 6.45) is 5.16. The van der Waals surface area contributed by atoms with E-state index in [1.54, 1.807) is 13.3 Å². The number of likely N-dealkylation sites (tertiary alicyclic amines) is 1. The molecule has 1 heterocycles. The Hall–Kier alpha value is -4.58. The van der Waals surface area contributed by atoms with Crippen molar-refractivity contribution in [3.05, 3.63) is 114 Å². The average Bonchev–Trinajstić information content (AvgIpc) is 3.00. The third-order valence-electron chi connectivity index (χ3n) is 6.60. The number of benzene rings is 4. The first kappa shape index (κ1) is 26.0. The van der Waals surface area contributed by atoms with Gasteiger partial charge in [-0.3, -0.25) is 9.79 Å². The first-order valence-corrected chi connectivity index (χ1v) is 13.2. The van der Waals surface area contributed by atoms with E-state index in [9.17, 15) is 4.79 Å². The summed E-state index contributed by atoms with van der Waals surface area (Å²) >= 11 is 0. The van der Waals surface area contributed by atoms with Crippen molar-refractivity contribution in [2.24, 2.45) is 4.99 Å². The quantitative estimate of drug-likeness (QED) is 0.215. The van der Waals surface area contributed by atoms with Crippen LogP contribution in [-0.2, 0) is 6.61 Å². The molecule has 0 aliphatic carbocycles. The number of amides is 1. The molecule has 4 aromatic carbocycles. The average molecular weight is 521 g/mol. The summed E-state index contributed by atoms with van der Waals surface area (Å²) in [6.45, 7) is 2.07. The Balaban J connectivity index is 1.17. The van der Waals surface area contributed by atoms with E-state index in [4.69, 9.17) is 14.2 Å². The Bertz CT molecular complexity index is 1390. The number of hydrogen-bond acceptors (Lipinski definition) is 5. The second-order valence-corrected chi connectivity index (χ2v) is 9.42. The van der Waals surface area contributed by atoms with Crippen LogP contribution < -0.4 is 14.2 Å². The molecule has 1 amide bonds. The molecule has 1 aliphatic heterocycles. The van der Waals surface area contributed by atoms with E-state index in [1.165, 1.54) is 6.42 Å². The van der Waals surface area contributed by atoms with Gasteiger partial charge in [0.1, 0.15) is 18.1 Å². The van der Waals surface area contributed by atoms with Crippen LogP contribution in [0.1, 0.15) is 40.7 Å². The van der Waals surface area contributed by atoms with Gasteiger partial charge in [-0.05, 0) is 97.1 Å². The van der Waals surface area contributed by atoms with Crippen molar-refractivity contribution in [1.82, 2.24) is 4.90 Å². The molecule has 0 N–H and O–H groups in total. The van der Waals surface area contributed by atoms with Gasteiger partial charge in [0, 0.05) is 24.9 Å². The standard InChI is InChI=1S/C33H32N2O4/c1-37-32-22-26(23-34-28-15-17-30(18-16-28)39-29-8-4-2-5-9-29)12-19-31(32)38-24-25-10-13-27(14-11-25)33(36)35-20-6-3-7-21-35/h2,4-5,8-19,22-23H,3,6-7,20-21,24H2,1H3. The number of rotatable bonds is 9. The normalized spacial score (nSPS) is 13.3. The summed E-state index contributed by atoms with van der Waals surface area (Å²) in [5.74, 6) is 2.93. The fourth-order valence-electron chi connectivity index (χ4n) is 4.44. The molecular formula is C33H32N2O4. The zero-order valence-electron chi connectivity index (χ0n) is 22.1. The third-order valence-corrected chi connectivity index (χ3v) is 6.60. The van der Waals surface area contributed by atoms with Gasteiger partial charge >= 0.3 is 0 Å². The molecule has 6 nitrogen and oxygen atoms in total. The molecule has 1 saturated heterocycles. The molecule has 0 saturated carbocycles. The van der Waals surface area contributed by atoms with Crippen molar-refractivity contribution in [3.8, 4) is 23.0 Å². The number of aliphatic imine (C=N–C) groups is 1. The summed E-state index contributed by atoms with van der Waals surface area (Å²) < 4.78 is 17.4. The number of carbonyl (C=O) groups is 1. The van der Waals surface area contributed by atoms with E-state index < -0.39 is 0 Å². The summed E-state index contributed by atoms with van der Waals surface area (Å²) in [5.41, 5.74) is 3.42. The van der Waals surface area contributed by atoms with E-state index in [0.29, 0.717) is 18.1 Å². The smallest absolute Gasteiger partial charge is 0.253 e. The fourth-order valence-corrected chi connectivity index (χ4v) is 4.44. The number of ether oxygens (including phenoxy) is 3. The number of methoxy groups -OCH3 is 1. The monoisotopic (exact) mass is 520 g/mol. The number of para-hydroxylation sites is 1. The summed E-state index contributed by atoms with van der Waals surface area (Å²) in [4.78, 5) is 19.2. The van der Waals surface area contributed by atoms with E-state index in [1.807, 2.05) is 102 Å².